The number of pyridine rings is 1. The second-order valence-corrected chi connectivity index (χ2v) is 4.75. The first-order valence-electron chi connectivity index (χ1n) is 5.35. The summed E-state index contributed by atoms with van der Waals surface area (Å²) in [6.45, 7) is 1.98. The Kier molecular flexibility index (Phi) is 3.79. The van der Waals surface area contributed by atoms with Gasteiger partial charge in [0, 0.05) is 22.5 Å². The first kappa shape index (κ1) is 12.8. The third kappa shape index (κ3) is 2.97. The van der Waals surface area contributed by atoms with Crippen LogP contribution in [0, 0.1) is 6.92 Å². The first-order chi connectivity index (χ1) is 8.56. The van der Waals surface area contributed by atoms with Gasteiger partial charge in [0.15, 0.2) is 0 Å². The van der Waals surface area contributed by atoms with Crippen molar-refractivity contribution in [2.45, 2.75) is 6.92 Å². The van der Waals surface area contributed by atoms with Crippen LogP contribution in [0.25, 0.3) is 0 Å². The summed E-state index contributed by atoms with van der Waals surface area (Å²) in [6.07, 6.45) is 1.67. The fourth-order valence-corrected chi connectivity index (χ4v) is 1.91. The number of aromatic nitrogens is 1. The molecule has 0 amide bonds. The second kappa shape index (κ2) is 5.33. The lowest BCUT2D eigenvalue weighted by molar-refractivity contribution is 1.29. The molecule has 3 nitrogen and oxygen atoms in total. The standard InChI is InChI=1S/C13H12ClN3S/c1-8-6-10(14)2-3-11(8)17-12-7-9(13(15)18)4-5-16-12/h2-7H,1H3,(H2,15,18)(H,16,17). The van der Waals surface area contributed by atoms with Gasteiger partial charge in [-0.05, 0) is 42.8 Å². The summed E-state index contributed by atoms with van der Waals surface area (Å²) in [5.74, 6) is 0.700. The number of hydrogen-bond donors (Lipinski definition) is 2. The fraction of sp³-hybridized carbons (Fsp3) is 0.0769. The molecule has 5 heteroatoms. The van der Waals surface area contributed by atoms with Crippen molar-refractivity contribution in [2.75, 3.05) is 5.32 Å². The van der Waals surface area contributed by atoms with E-state index >= 15 is 0 Å². The minimum absolute atomic E-state index is 0.355. The molecule has 0 spiro atoms. The summed E-state index contributed by atoms with van der Waals surface area (Å²) in [5.41, 5.74) is 8.37. The molecule has 0 aliphatic heterocycles. The highest BCUT2D eigenvalue weighted by molar-refractivity contribution is 7.80. The fourth-order valence-electron chi connectivity index (χ4n) is 1.56. The summed E-state index contributed by atoms with van der Waals surface area (Å²) in [7, 11) is 0. The highest BCUT2D eigenvalue weighted by Crippen LogP contribution is 2.22. The largest absolute Gasteiger partial charge is 0.389 e. The van der Waals surface area contributed by atoms with Crippen LogP contribution in [0.4, 0.5) is 11.5 Å². The third-order valence-corrected chi connectivity index (χ3v) is 2.97. The molecule has 0 bridgehead atoms. The lowest BCUT2D eigenvalue weighted by Gasteiger charge is -2.09. The Morgan fingerprint density at radius 3 is 2.78 bits per heavy atom. The van der Waals surface area contributed by atoms with Crippen molar-refractivity contribution in [2.24, 2.45) is 5.73 Å². The molecule has 0 unspecified atom stereocenters. The number of benzene rings is 1. The van der Waals surface area contributed by atoms with Gasteiger partial charge in [0.2, 0.25) is 0 Å². The number of halogens is 1. The third-order valence-electron chi connectivity index (χ3n) is 2.50. The van der Waals surface area contributed by atoms with Crippen LogP contribution in [0.2, 0.25) is 5.02 Å². The van der Waals surface area contributed by atoms with Crippen LogP contribution in [0.15, 0.2) is 36.5 Å². The molecule has 0 saturated heterocycles. The molecule has 1 aromatic heterocycles. The number of anilines is 2. The second-order valence-electron chi connectivity index (χ2n) is 3.88. The van der Waals surface area contributed by atoms with Crippen molar-refractivity contribution in [3.63, 3.8) is 0 Å². The Labute approximate surface area is 116 Å². The van der Waals surface area contributed by atoms with Crippen molar-refractivity contribution < 1.29 is 0 Å². The van der Waals surface area contributed by atoms with E-state index in [-0.39, 0.29) is 0 Å². The number of nitrogens with two attached hydrogens (primary N) is 1. The Morgan fingerprint density at radius 2 is 2.11 bits per heavy atom. The minimum Gasteiger partial charge on any atom is -0.389 e. The summed E-state index contributed by atoms with van der Waals surface area (Å²) in [4.78, 5) is 4.58. The van der Waals surface area contributed by atoms with E-state index in [2.05, 4.69) is 10.3 Å². The van der Waals surface area contributed by atoms with Gasteiger partial charge >= 0.3 is 0 Å². The maximum atomic E-state index is 5.91. The summed E-state index contributed by atoms with van der Waals surface area (Å²) >= 11 is 10.8. The molecule has 0 atom stereocenters. The number of rotatable bonds is 3. The van der Waals surface area contributed by atoms with Crippen LogP contribution in [0.1, 0.15) is 11.1 Å². The van der Waals surface area contributed by atoms with Crippen molar-refractivity contribution in [3.8, 4) is 0 Å². The Morgan fingerprint density at radius 1 is 1.33 bits per heavy atom. The topological polar surface area (TPSA) is 50.9 Å². The highest BCUT2D eigenvalue weighted by atomic mass is 35.5. The average molecular weight is 278 g/mol. The van der Waals surface area contributed by atoms with E-state index in [0.29, 0.717) is 15.8 Å². The molecule has 0 aliphatic rings. The zero-order valence-electron chi connectivity index (χ0n) is 9.77. The molecule has 0 radical (unpaired) electrons. The van der Waals surface area contributed by atoms with E-state index in [4.69, 9.17) is 29.6 Å². The van der Waals surface area contributed by atoms with E-state index in [9.17, 15) is 0 Å². The number of hydrogen-bond acceptors (Lipinski definition) is 3. The molecular formula is C13H12ClN3S. The van der Waals surface area contributed by atoms with Gasteiger partial charge in [0.1, 0.15) is 10.8 Å². The van der Waals surface area contributed by atoms with E-state index in [1.54, 1.807) is 12.3 Å². The molecule has 92 valence electrons. The molecule has 1 aromatic carbocycles. The van der Waals surface area contributed by atoms with Gasteiger partial charge < -0.3 is 11.1 Å². The van der Waals surface area contributed by atoms with Crippen molar-refractivity contribution in [3.05, 3.63) is 52.7 Å². The summed E-state index contributed by atoms with van der Waals surface area (Å²) < 4.78 is 0. The van der Waals surface area contributed by atoms with E-state index < -0.39 is 0 Å². The van der Waals surface area contributed by atoms with Gasteiger partial charge in [-0.3, -0.25) is 0 Å². The van der Waals surface area contributed by atoms with E-state index in [1.807, 2.05) is 31.2 Å². The quantitative estimate of drug-likeness (QED) is 0.844. The first-order valence-corrected chi connectivity index (χ1v) is 6.14. The lowest BCUT2D eigenvalue weighted by atomic mass is 10.2. The zero-order chi connectivity index (χ0) is 13.1. The number of thiocarbonyl (C=S) groups is 1. The van der Waals surface area contributed by atoms with Gasteiger partial charge in [-0.15, -0.1) is 0 Å². The maximum Gasteiger partial charge on any atom is 0.130 e. The van der Waals surface area contributed by atoms with Crippen molar-refractivity contribution >= 4 is 40.3 Å². The van der Waals surface area contributed by atoms with E-state index in [1.165, 1.54) is 0 Å². The monoisotopic (exact) mass is 277 g/mol. The lowest BCUT2D eigenvalue weighted by Crippen LogP contribution is -2.10. The molecule has 3 N–H and O–H groups in total. The number of aryl methyl sites for hydroxylation is 1. The zero-order valence-corrected chi connectivity index (χ0v) is 11.3. The molecule has 0 saturated carbocycles. The van der Waals surface area contributed by atoms with Gasteiger partial charge in [-0.25, -0.2) is 4.98 Å². The minimum atomic E-state index is 0.355. The van der Waals surface area contributed by atoms with Gasteiger partial charge in [0.05, 0.1) is 0 Å². The molecule has 0 fully saturated rings. The Hall–Kier alpha value is -1.65. The van der Waals surface area contributed by atoms with Crippen LogP contribution in [0.3, 0.4) is 0 Å². The smallest absolute Gasteiger partial charge is 0.130 e. The summed E-state index contributed by atoms with van der Waals surface area (Å²) in [5, 5.41) is 3.92. The van der Waals surface area contributed by atoms with Gasteiger partial charge in [-0.2, -0.15) is 0 Å². The van der Waals surface area contributed by atoms with Crippen molar-refractivity contribution in [1.82, 2.24) is 4.98 Å². The molecule has 0 aliphatic carbocycles. The molecule has 2 rings (SSSR count). The average Bonchev–Trinajstić information content (AvgIpc) is 2.33. The molecule has 1 heterocycles. The molecule has 18 heavy (non-hydrogen) atoms. The number of nitrogens with one attached hydrogen (secondary N) is 1. The van der Waals surface area contributed by atoms with Crippen molar-refractivity contribution in [1.29, 1.82) is 0 Å². The van der Waals surface area contributed by atoms with Crippen LogP contribution in [-0.2, 0) is 0 Å². The highest BCUT2D eigenvalue weighted by Gasteiger charge is 2.03. The normalized spacial score (nSPS) is 10.1. The Balaban J connectivity index is 2.28. The van der Waals surface area contributed by atoms with E-state index in [0.717, 1.165) is 16.8 Å². The molecular weight excluding hydrogens is 266 g/mol. The SMILES string of the molecule is Cc1cc(Cl)ccc1Nc1cc(C(N)=S)ccn1. The number of nitrogens with zero attached hydrogens (tertiary/aromatic N) is 1. The predicted octanol–water partition coefficient (Wildman–Crippen LogP) is 3.42. The van der Waals surface area contributed by atoms with Crippen LogP contribution in [0.5, 0.6) is 0 Å². The van der Waals surface area contributed by atoms with Crippen LogP contribution in [-0.4, -0.2) is 9.97 Å². The maximum absolute atomic E-state index is 5.91. The van der Waals surface area contributed by atoms with Crippen LogP contribution < -0.4 is 11.1 Å². The summed E-state index contributed by atoms with van der Waals surface area (Å²) in [6, 6.07) is 9.22. The van der Waals surface area contributed by atoms with Gasteiger partial charge in [0.25, 0.3) is 0 Å². The van der Waals surface area contributed by atoms with Crippen LogP contribution >= 0.6 is 23.8 Å². The van der Waals surface area contributed by atoms with Gasteiger partial charge in [-0.1, -0.05) is 23.8 Å². The Bertz CT molecular complexity index is 599. The molecule has 2 aromatic rings. The predicted molar refractivity (Wildman–Crippen MR) is 79.6 cm³/mol.